The summed E-state index contributed by atoms with van der Waals surface area (Å²) in [6.07, 6.45) is 0.105. The Kier molecular flexibility index (Phi) is 9.38. The fourth-order valence-electron chi connectivity index (χ4n) is 4.32. The maximum absolute atomic E-state index is 13.1. The highest BCUT2D eigenvalue weighted by Crippen LogP contribution is 2.32. The van der Waals surface area contributed by atoms with Crippen LogP contribution in [0.3, 0.4) is 0 Å². The molecule has 2 heterocycles. The summed E-state index contributed by atoms with van der Waals surface area (Å²) in [5.41, 5.74) is 0.524. The van der Waals surface area contributed by atoms with Crippen LogP contribution in [-0.4, -0.2) is 87.4 Å². The van der Waals surface area contributed by atoms with Crippen LogP contribution in [0.25, 0.3) is 0 Å². The van der Waals surface area contributed by atoms with Crippen molar-refractivity contribution in [3.05, 3.63) is 63.7 Å². The van der Waals surface area contributed by atoms with Crippen molar-refractivity contribution in [3.63, 3.8) is 0 Å². The van der Waals surface area contributed by atoms with E-state index in [4.69, 9.17) is 9.47 Å². The van der Waals surface area contributed by atoms with Crippen LogP contribution in [0.2, 0.25) is 0 Å². The molecule has 2 aromatic rings. The van der Waals surface area contributed by atoms with Crippen LogP contribution in [-0.2, 0) is 29.1 Å². The predicted octanol–water partition coefficient (Wildman–Crippen LogP) is 0.420. The molecule has 2 aliphatic rings. The van der Waals surface area contributed by atoms with Gasteiger partial charge in [-0.15, -0.1) is 0 Å². The van der Waals surface area contributed by atoms with E-state index >= 15 is 0 Å². The average Bonchev–Trinajstić information content (AvgIpc) is 3.20. The number of fused-ring (bicyclic) bond motifs is 1. The Morgan fingerprint density at radius 2 is 1.63 bits per heavy atom. The lowest BCUT2D eigenvalue weighted by molar-refractivity contribution is -0.384. The Balaban J connectivity index is 1.15. The number of nitro groups is 1. The van der Waals surface area contributed by atoms with Gasteiger partial charge in [0.15, 0.2) is 0 Å². The van der Waals surface area contributed by atoms with Crippen LogP contribution < -0.4 is 15.4 Å². The molecule has 4 amide bonds. The van der Waals surface area contributed by atoms with Gasteiger partial charge in [-0.25, -0.2) is 13.1 Å². The van der Waals surface area contributed by atoms with Crippen LogP contribution in [0, 0.1) is 10.1 Å². The first-order chi connectivity index (χ1) is 19.6. The summed E-state index contributed by atoms with van der Waals surface area (Å²) < 4.78 is 37.6. The number of carbonyl (C=O) groups excluding carboxylic acids is 4. The molecule has 0 bridgehead atoms. The van der Waals surface area contributed by atoms with E-state index in [0.29, 0.717) is 12.2 Å². The molecule has 4 rings (SSSR count). The van der Waals surface area contributed by atoms with Gasteiger partial charge in [0.2, 0.25) is 21.8 Å². The number of nitro benzene ring substituents is 1. The normalized spacial score (nSPS) is 17.0. The molecule has 0 aliphatic carbocycles. The van der Waals surface area contributed by atoms with E-state index in [-0.39, 0.29) is 67.5 Å². The van der Waals surface area contributed by atoms with E-state index in [1.165, 1.54) is 6.07 Å². The first-order valence-electron chi connectivity index (χ1n) is 12.6. The largest absolute Gasteiger partial charge is 0.382 e. The van der Waals surface area contributed by atoms with Gasteiger partial charge in [-0.05, 0) is 30.7 Å². The third-order valence-electron chi connectivity index (χ3n) is 6.30. The second-order valence-corrected chi connectivity index (χ2v) is 10.7. The highest BCUT2D eigenvalue weighted by molar-refractivity contribution is 7.89. The van der Waals surface area contributed by atoms with Gasteiger partial charge in [0.05, 0.1) is 47.4 Å². The van der Waals surface area contributed by atoms with Gasteiger partial charge in [0.25, 0.3) is 17.5 Å². The van der Waals surface area contributed by atoms with Gasteiger partial charge in [0, 0.05) is 37.3 Å². The second-order valence-electron chi connectivity index (χ2n) is 8.98. The highest BCUT2D eigenvalue weighted by Gasteiger charge is 2.45. The summed E-state index contributed by atoms with van der Waals surface area (Å²) >= 11 is 0. The first-order valence-corrected chi connectivity index (χ1v) is 14.1. The molecule has 0 spiro atoms. The van der Waals surface area contributed by atoms with Gasteiger partial charge in [-0.1, -0.05) is 6.07 Å². The minimum absolute atomic E-state index is 0.0113. The standard InChI is InChI=1S/C25H27N5O10S/c31-21-9-8-20(23(32)28-21)29-24(33)18-2-1-3-19(22(18)25(29)34)26-10-12-39-14-15-40-13-11-27-41(37,38)17-6-4-16(5-7-17)30(35)36/h1-7,20,26-27H,8-15H2,(H,28,31,32). The molecule has 15 nitrogen and oxygen atoms in total. The number of piperidine rings is 1. The number of hydrogen-bond acceptors (Lipinski definition) is 11. The zero-order valence-electron chi connectivity index (χ0n) is 21.7. The number of rotatable bonds is 14. The third kappa shape index (κ3) is 6.91. The molecule has 3 N–H and O–H groups in total. The molecule has 218 valence electrons. The lowest BCUT2D eigenvalue weighted by Crippen LogP contribution is -2.54. The topological polar surface area (TPSA) is 203 Å². The van der Waals surface area contributed by atoms with E-state index < -0.39 is 44.6 Å². The van der Waals surface area contributed by atoms with E-state index in [1.807, 2.05) is 0 Å². The SMILES string of the molecule is O=C1CCC(N2C(=O)c3cccc(NCCOCCOCCNS(=O)(=O)c4ccc([N+](=O)[O-])cc4)c3C2=O)C(=O)N1. The summed E-state index contributed by atoms with van der Waals surface area (Å²) in [6.45, 7) is 0.995. The Morgan fingerprint density at radius 3 is 2.29 bits per heavy atom. The average molecular weight is 590 g/mol. The molecule has 16 heteroatoms. The van der Waals surface area contributed by atoms with E-state index in [1.54, 1.807) is 12.1 Å². The molecule has 1 saturated heterocycles. The number of benzene rings is 2. The monoisotopic (exact) mass is 589 g/mol. The molecule has 0 aromatic heterocycles. The molecular formula is C25H27N5O10S. The molecule has 41 heavy (non-hydrogen) atoms. The van der Waals surface area contributed by atoms with Crippen molar-refractivity contribution in [2.45, 2.75) is 23.8 Å². The van der Waals surface area contributed by atoms with Crippen molar-refractivity contribution in [2.24, 2.45) is 0 Å². The number of anilines is 1. The quantitative estimate of drug-likeness (QED) is 0.119. The van der Waals surface area contributed by atoms with Crippen LogP contribution in [0.4, 0.5) is 11.4 Å². The minimum atomic E-state index is -3.83. The summed E-state index contributed by atoms with van der Waals surface area (Å²) in [6, 6.07) is 8.22. The first kappa shape index (κ1) is 29.7. The van der Waals surface area contributed by atoms with E-state index in [9.17, 15) is 37.7 Å². The molecule has 0 radical (unpaired) electrons. The zero-order chi connectivity index (χ0) is 29.6. The number of carbonyl (C=O) groups is 4. The number of sulfonamides is 1. The Labute approximate surface area is 234 Å². The van der Waals surface area contributed by atoms with Gasteiger partial charge >= 0.3 is 0 Å². The van der Waals surface area contributed by atoms with Crippen LogP contribution in [0.1, 0.15) is 33.6 Å². The number of non-ortho nitro benzene ring substituents is 1. The van der Waals surface area contributed by atoms with Gasteiger partial charge < -0.3 is 14.8 Å². The van der Waals surface area contributed by atoms with Crippen LogP contribution >= 0.6 is 0 Å². The second kappa shape index (κ2) is 12.9. The van der Waals surface area contributed by atoms with E-state index in [0.717, 1.165) is 29.2 Å². The smallest absolute Gasteiger partial charge is 0.269 e. The van der Waals surface area contributed by atoms with Gasteiger partial charge in [-0.3, -0.25) is 39.5 Å². The van der Waals surface area contributed by atoms with Crippen molar-refractivity contribution in [2.75, 3.05) is 44.8 Å². The van der Waals surface area contributed by atoms with Crippen LogP contribution in [0.15, 0.2) is 47.4 Å². The molecule has 2 aliphatic heterocycles. The van der Waals surface area contributed by atoms with Crippen molar-refractivity contribution < 1.29 is 42.0 Å². The molecular weight excluding hydrogens is 562 g/mol. The van der Waals surface area contributed by atoms with Crippen LogP contribution in [0.5, 0.6) is 0 Å². The fraction of sp³-hybridized carbons (Fsp3) is 0.360. The maximum atomic E-state index is 13.1. The molecule has 2 aromatic carbocycles. The van der Waals surface area contributed by atoms with Gasteiger partial charge in [0.1, 0.15) is 6.04 Å². The van der Waals surface area contributed by atoms with E-state index in [2.05, 4.69) is 15.4 Å². The number of nitrogens with zero attached hydrogens (tertiary/aromatic N) is 2. The number of amides is 4. The van der Waals surface area contributed by atoms with Crippen molar-refractivity contribution in [3.8, 4) is 0 Å². The molecule has 1 atom stereocenters. The predicted molar refractivity (Wildman–Crippen MR) is 142 cm³/mol. The summed E-state index contributed by atoms with van der Waals surface area (Å²) in [7, 11) is -3.83. The Morgan fingerprint density at radius 1 is 0.951 bits per heavy atom. The minimum Gasteiger partial charge on any atom is -0.382 e. The molecule has 0 saturated carbocycles. The van der Waals surface area contributed by atoms with Crippen molar-refractivity contribution in [1.82, 2.24) is 14.9 Å². The van der Waals surface area contributed by atoms with Crippen molar-refractivity contribution in [1.29, 1.82) is 0 Å². The highest BCUT2D eigenvalue weighted by atomic mass is 32.2. The molecule has 1 fully saturated rings. The Bertz CT molecular complexity index is 1460. The summed E-state index contributed by atoms with van der Waals surface area (Å²) in [5, 5.41) is 15.9. The fourth-order valence-corrected chi connectivity index (χ4v) is 5.33. The number of ether oxygens (including phenoxy) is 2. The number of nitrogens with one attached hydrogen (secondary N) is 3. The Hall–Kier alpha value is -4.25. The third-order valence-corrected chi connectivity index (χ3v) is 7.78. The lowest BCUT2D eigenvalue weighted by Gasteiger charge is -2.27. The molecule has 1 unspecified atom stereocenters. The summed E-state index contributed by atoms with van der Waals surface area (Å²) in [4.78, 5) is 60.5. The maximum Gasteiger partial charge on any atom is 0.269 e. The number of hydrogen-bond donors (Lipinski definition) is 3. The number of imide groups is 2. The lowest BCUT2D eigenvalue weighted by atomic mass is 10.0. The van der Waals surface area contributed by atoms with Gasteiger partial charge in [-0.2, -0.15) is 0 Å². The zero-order valence-corrected chi connectivity index (χ0v) is 22.5. The summed E-state index contributed by atoms with van der Waals surface area (Å²) in [5.74, 6) is -2.32. The van der Waals surface area contributed by atoms with Crippen molar-refractivity contribution >= 4 is 45.0 Å².